The molecule has 0 fully saturated rings. The zero-order valence-electron chi connectivity index (χ0n) is 18.0. The van der Waals surface area contributed by atoms with Crippen molar-refractivity contribution in [1.82, 2.24) is 5.01 Å². The Morgan fingerprint density at radius 3 is 2.10 bits per heavy atom. The van der Waals surface area contributed by atoms with Crippen LogP contribution in [0.4, 0.5) is 0 Å². The van der Waals surface area contributed by atoms with Gasteiger partial charge < -0.3 is 0 Å². The van der Waals surface area contributed by atoms with E-state index in [1.165, 1.54) is 24.0 Å². The Morgan fingerprint density at radius 2 is 1.48 bits per heavy atom. The zero-order valence-corrected chi connectivity index (χ0v) is 18.8. The van der Waals surface area contributed by atoms with Gasteiger partial charge in [-0.25, -0.2) is 0 Å². The van der Waals surface area contributed by atoms with Crippen LogP contribution in [0.2, 0.25) is 0 Å². The lowest BCUT2D eigenvalue weighted by atomic mass is 9.90. The van der Waals surface area contributed by atoms with Gasteiger partial charge in [0.2, 0.25) is 0 Å². The summed E-state index contributed by atoms with van der Waals surface area (Å²) in [5, 5.41) is 6.28. The number of benzene rings is 3. The maximum atomic E-state index is 12.5. The molecule has 4 rings (SSSR count). The Labute approximate surface area is 184 Å². The highest BCUT2D eigenvalue weighted by Gasteiger charge is 2.28. The Hall–Kier alpha value is -3.25. The summed E-state index contributed by atoms with van der Waals surface area (Å²) < 4.78 is 28.8. The quantitative estimate of drug-likeness (QED) is 0.408. The minimum Gasteiger partial charge on any atom is -0.252 e. The lowest BCUT2D eigenvalue weighted by Gasteiger charge is -2.13. The molecule has 0 N–H and O–H groups in total. The van der Waals surface area contributed by atoms with E-state index in [2.05, 4.69) is 33.8 Å². The average Bonchev–Trinajstić information content (AvgIpc) is 3.25. The van der Waals surface area contributed by atoms with E-state index in [0.717, 1.165) is 16.8 Å². The van der Waals surface area contributed by atoms with Crippen molar-refractivity contribution in [2.75, 3.05) is 6.54 Å². The molecule has 0 spiro atoms. The monoisotopic (exact) mass is 433 g/mol. The Kier molecular flexibility index (Phi) is 7.36. The van der Waals surface area contributed by atoms with Gasteiger partial charge in [-0.15, -0.1) is 4.40 Å². The van der Waals surface area contributed by atoms with Crippen molar-refractivity contribution in [3.8, 4) is 0 Å². The molecular formula is C25H27N3O2S. The molecular weight excluding hydrogens is 406 g/mol. The first-order valence-corrected chi connectivity index (χ1v) is 11.8. The first-order valence-electron chi connectivity index (χ1n) is 10.4. The van der Waals surface area contributed by atoms with Gasteiger partial charge in [0, 0.05) is 5.92 Å². The number of hydrogen-bond acceptors (Lipinski definition) is 3. The molecule has 6 heteroatoms. The van der Waals surface area contributed by atoms with E-state index >= 15 is 0 Å². The van der Waals surface area contributed by atoms with Gasteiger partial charge in [0.1, 0.15) is 6.34 Å². The molecule has 0 saturated carbocycles. The third-order valence-corrected chi connectivity index (χ3v) is 6.09. The molecule has 1 heterocycles. The number of hydrazone groups is 1. The summed E-state index contributed by atoms with van der Waals surface area (Å²) in [7, 11) is -3.76. The summed E-state index contributed by atoms with van der Waals surface area (Å²) in [5.74, 6) is 0.0322. The van der Waals surface area contributed by atoms with Crippen LogP contribution in [0.15, 0.2) is 99.3 Å². The summed E-state index contributed by atoms with van der Waals surface area (Å²) in [6.45, 7) is 6.57. The van der Waals surface area contributed by atoms with Gasteiger partial charge in [-0.3, -0.25) is 5.01 Å². The standard InChI is InChI=1S/C23H21N3O2S.C2H6/c1-18-12-14-20(15-13-18)23-22(19-8-4-2-5-9-19)16-26(25-23)17-24-29(27,28)21-10-6-3-7-11-21;1-2/h2-15,17,22H,16H2,1H3;1-2H3/b24-17+;. The van der Waals surface area contributed by atoms with Crippen LogP contribution in [-0.4, -0.2) is 32.0 Å². The highest BCUT2D eigenvalue weighted by molar-refractivity contribution is 7.90. The molecule has 1 aliphatic heterocycles. The second-order valence-electron chi connectivity index (χ2n) is 6.95. The average molecular weight is 434 g/mol. The van der Waals surface area contributed by atoms with Crippen molar-refractivity contribution in [3.63, 3.8) is 0 Å². The number of rotatable bonds is 5. The fraction of sp³-hybridized carbons (Fsp3) is 0.200. The number of hydrogen-bond donors (Lipinski definition) is 0. The van der Waals surface area contributed by atoms with Crippen LogP contribution in [0.1, 0.15) is 36.5 Å². The minimum atomic E-state index is -3.76. The van der Waals surface area contributed by atoms with E-state index in [1.54, 1.807) is 23.2 Å². The molecule has 1 atom stereocenters. The van der Waals surface area contributed by atoms with Gasteiger partial charge in [0.25, 0.3) is 10.0 Å². The van der Waals surface area contributed by atoms with Crippen molar-refractivity contribution in [1.29, 1.82) is 0 Å². The van der Waals surface area contributed by atoms with Gasteiger partial charge in [-0.1, -0.05) is 92.2 Å². The predicted molar refractivity (Wildman–Crippen MR) is 127 cm³/mol. The second kappa shape index (κ2) is 10.2. The molecule has 1 aliphatic rings. The van der Waals surface area contributed by atoms with Gasteiger partial charge in [-0.2, -0.15) is 13.5 Å². The number of nitrogens with zero attached hydrogens (tertiary/aromatic N) is 3. The maximum absolute atomic E-state index is 12.5. The topological polar surface area (TPSA) is 62.1 Å². The van der Waals surface area contributed by atoms with Gasteiger partial charge >= 0.3 is 0 Å². The van der Waals surface area contributed by atoms with Crippen molar-refractivity contribution < 1.29 is 8.42 Å². The lowest BCUT2D eigenvalue weighted by molar-refractivity contribution is 0.489. The smallest absolute Gasteiger partial charge is 0.252 e. The van der Waals surface area contributed by atoms with Crippen LogP contribution in [0.3, 0.4) is 0 Å². The summed E-state index contributed by atoms with van der Waals surface area (Å²) in [6.07, 6.45) is 1.31. The molecule has 0 aromatic heterocycles. The van der Waals surface area contributed by atoms with E-state index in [9.17, 15) is 8.42 Å². The van der Waals surface area contributed by atoms with Crippen LogP contribution in [0.25, 0.3) is 0 Å². The van der Waals surface area contributed by atoms with Crippen molar-refractivity contribution in [2.24, 2.45) is 9.50 Å². The van der Waals surface area contributed by atoms with Crippen LogP contribution < -0.4 is 0 Å². The highest BCUT2D eigenvalue weighted by atomic mass is 32.2. The molecule has 3 aromatic carbocycles. The molecule has 0 radical (unpaired) electrons. The third kappa shape index (κ3) is 5.47. The van der Waals surface area contributed by atoms with Crippen LogP contribution in [-0.2, 0) is 10.0 Å². The van der Waals surface area contributed by atoms with E-state index in [-0.39, 0.29) is 10.8 Å². The van der Waals surface area contributed by atoms with Crippen molar-refractivity contribution in [3.05, 3.63) is 102 Å². The van der Waals surface area contributed by atoms with Crippen LogP contribution >= 0.6 is 0 Å². The van der Waals surface area contributed by atoms with E-state index < -0.39 is 10.0 Å². The third-order valence-electron chi connectivity index (χ3n) is 4.85. The molecule has 31 heavy (non-hydrogen) atoms. The summed E-state index contributed by atoms with van der Waals surface area (Å²) in [6, 6.07) is 26.5. The number of aryl methyl sites for hydroxylation is 1. The van der Waals surface area contributed by atoms with E-state index in [0.29, 0.717) is 6.54 Å². The Balaban J connectivity index is 0.00000132. The summed E-state index contributed by atoms with van der Waals surface area (Å²) >= 11 is 0. The molecule has 5 nitrogen and oxygen atoms in total. The molecule has 0 aliphatic carbocycles. The van der Waals surface area contributed by atoms with Crippen LogP contribution in [0, 0.1) is 6.92 Å². The first kappa shape index (κ1) is 22.4. The first-order chi connectivity index (χ1) is 15.0. The highest BCUT2D eigenvalue weighted by Crippen LogP contribution is 2.28. The van der Waals surface area contributed by atoms with Crippen molar-refractivity contribution >= 4 is 22.1 Å². The second-order valence-corrected chi connectivity index (χ2v) is 8.58. The summed E-state index contributed by atoms with van der Waals surface area (Å²) in [4.78, 5) is 0.165. The Bertz CT molecular complexity index is 1140. The molecule has 0 bridgehead atoms. The minimum absolute atomic E-state index is 0.0322. The van der Waals surface area contributed by atoms with Crippen molar-refractivity contribution in [2.45, 2.75) is 31.6 Å². The fourth-order valence-corrected chi connectivity index (χ4v) is 4.15. The van der Waals surface area contributed by atoms with Gasteiger partial charge in [0.15, 0.2) is 0 Å². The van der Waals surface area contributed by atoms with Gasteiger partial charge in [0.05, 0.1) is 17.2 Å². The SMILES string of the molecule is CC.Cc1ccc(C2=NN(/C=N/S(=O)(=O)c3ccccc3)CC2c2ccccc2)cc1. The van der Waals surface area contributed by atoms with E-state index in [1.807, 2.05) is 51.1 Å². The lowest BCUT2D eigenvalue weighted by Crippen LogP contribution is -2.18. The summed E-state index contributed by atoms with van der Waals surface area (Å²) in [5.41, 5.74) is 4.23. The largest absolute Gasteiger partial charge is 0.283 e. The molecule has 1 unspecified atom stereocenters. The van der Waals surface area contributed by atoms with E-state index in [4.69, 9.17) is 0 Å². The Morgan fingerprint density at radius 1 is 0.903 bits per heavy atom. The van der Waals surface area contributed by atoms with Gasteiger partial charge in [-0.05, 0) is 30.2 Å². The normalized spacial score (nSPS) is 16.0. The zero-order chi connectivity index (χ0) is 22.3. The molecule has 0 amide bonds. The van der Waals surface area contributed by atoms with Crippen LogP contribution in [0.5, 0.6) is 0 Å². The molecule has 0 saturated heterocycles. The maximum Gasteiger partial charge on any atom is 0.283 e. The fourth-order valence-electron chi connectivity index (χ4n) is 3.30. The molecule has 160 valence electrons. The number of sulfonamides is 1. The predicted octanol–water partition coefficient (Wildman–Crippen LogP) is 5.24. The molecule has 3 aromatic rings.